The van der Waals surface area contributed by atoms with Gasteiger partial charge in [0.15, 0.2) is 0 Å². The molecule has 25 heavy (non-hydrogen) atoms. The van der Waals surface area contributed by atoms with Crippen molar-refractivity contribution in [2.24, 2.45) is 0 Å². The van der Waals surface area contributed by atoms with Gasteiger partial charge in [0.05, 0.1) is 17.7 Å². The number of hydrogen-bond acceptors (Lipinski definition) is 2. The molecule has 0 radical (unpaired) electrons. The van der Waals surface area contributed by atoms with E-state index in [1.807, 2.05) is 19.9 Å². The van der Waals surface area contributed by atoms with Crippen molar-refractivity contribution in [3.63, 3.8) is 0 Å². The van der Waals surface area contributed by atoms with Crippen molar-refractivity contribution in [3.05, 3.63) is 64.7 Å². The Kier molecular flexibility index (Phi) is 5.46. The van der Waals surface area contributed by atoms with Gasteiger partial charge in [-0.25, -0.2) is 0 Å². The molecule has 2 aromatic rings. The maximum atomic E-state index is 12.9. The molecule has 0 saturated heterocycles. The number of aryl methyl sites for hydroxylation is 1. The summed E-state index contributed by atoms with van der Waals surface area (Å²) in [5.74, 6) is -1.48. The first-order chi connectivity index (χ1) is 11.7. The Bertz CT molecular complexity index is 801. The van der Waals surface area contributed by atoms with Crippen molar-refractivity contribution in [2.45, 2.75) is 20.0 Å². The molecule has 0 aliphatic rings. The van der Waals surface area contributed by atoms with Gasteiger partial charge >= 0.3 is 6.18 Å². The van der Waals surface area contributed by atoms with E-state index in [1.165, 1.54) is 12.1 Å². The number of amides is 2. The Balaban J connectivity index is 2.03. The van der Waals surface area contributed by atoms with E-state index >= 15 is 0 Å². The van der Waals surface area contributed by atoms with Crippen LogP contribution in [0.1, 0.15) is 27.0 Å². The summed E-state index contributed by atoms with van der Waals surface area (Å²) in [6.45, 7) is 3.29. The lowest BCUT2D eigenvalue weighted by molar-refractivity contribution is -0.137. The Morgan fingerprint density at radius 1 is 1.00 bits per heavy atom. The van der Waals surface area contributed by atoms with Crippen LogP contribution in [-0.2, 0) is 11.0 Å². The SMILES string of the molecule is Cc1cccc(NC(=O)CNC(=O)c2ccccc2C(F)(F)F)c1C. The largest absolute Gasteiger partial charge is 0.417 e. The lowest BCUT2D eigenvalue weighted by Crippen LogP contribution is -2.34. The third-order valence-corrected chi connectivity index (χ3v) is 3.77. The number of rotatable bonds is 4. The van der Waals surface area contributed by atoms with Gasteiger partial charge in [-0.15, -0.1) is 0 Å². The van der Waals surface area contributed by atoms with E-state index in [0.29, 0.717) is 5.69 Å². The van der Waals surface area contributed by atoms with Gasteiger partial charge in [0, 0.05) is 5.69 Å². The predicted molar refractivity (Wildman–Crippen MR) is 88.3 cm³/mol. The zero-order valence-corrected chi connectivity index (χ0v) is 13.7. The lowest BCUT2D eigenvalue weighted by atomic mass is 10.1. The monoisotopic (exact) mass is 350 g/mol. The summed E-state index contributed by atoms with van der Waals surface area (Å²) in [4.78, 5) is 23.9. The van der Waals surface area contributed by atoms with E-state index < -0.39 is 35.7 Å². The van der Waals surface area contributed by atoms with E-state index in [0.717, 1.165) is 23.3 Å². The number of hydrogen-bond donors (Lipinski definition) is 2. The molecule has 0 unspecified atom stereocenters. The van der Waals surface area contributed by atoms with Crippen molar-refractivity contribution in [1.82, 2.24) is 5.32 Å². The first kappa shape index (κ1) is 18.5. The highest BCUT2D eigenvalue weighted by molar-refractivity contribution is 6.00. The molecular weight excluding hydrogens is 333 g/mol. The fraction of sp³-hybridized carbons (Fsp3) is 0.222. The molecule has 2 amide bonds. The van der Waals surface area contributed by atoms with E-state index in [2.05, 4.69) is 10.6 Å². The van der Waals surface area contributed by atoms with E-state index in [4.69, 9.17) is 0 Å². The van der Waals surface area contributed by atoms with Crippen molar-refractivity contribution < 1.29 is 22.8 Å². The molecule has 0 aromatic heterocycles. The summed E-state index contributed by atoms with van der Waals surface area (Å²) in [5.41, 5.74) is 0.900. The summed E-state index contributed by atoms with van der Waals surface area (Å²) in [7, 11) is 0. The Labute approximate surface area is 143 Å². The predicted octanol–water partition coefficient (Wildman–Crippen LogP) is 3.69. The van der Waals surface area contributed by atoms with Crippen molar-refractivity contribution in [3.8, 4) is 0 Å². The van der Waals surface area contributed by atoms with Crippen molar-refractivity contribution >= 4 is 17.5 Å². The Morgan fingerprint density at radius 2 is 1.68 bits per heavy atom. The van der Waals surface area contributed by atoms with E-state index in [1.54, 1.807) is 12.1 Å². The maximum absolute atomic E-state index is 12.9. The number of carbonyl (C=O) groups is 2. The molecular formula is C18H17F3N2O2. The smallest absolute Gasteiger partial charge is 0.343 e. The lowest BCUT2D eigenvalue weighted by Gasteiger charge is -2.13. The molecule has 0 spiro atoms. The third-order valence-electron chi connectivity index (χ3n) is 3.77. The van der Waals surface area contributed by atoms with Crippen LogP contribution in [0.5, 0.6) is 0 Å². The molecule has 0 heterocycles. The summed E-state index contributed by atoms with van der Waals surface area (Å²) in [5, 5.41) is 4.84. The summed E-state index contributed by atoms with van der Waals surface area (Å²) < 4.78 is 38.8. The molecule has 0 saturated carbocycles. The van der Waals surface area contributed by atoms with Gasteiger partial charge in [-0.2, -0.15) is 13.2 Å². The first-order valence-corrected chi connectivity index (χ1v) is 7.50. The fourth-order valence-electron chi connectivity index (χ4n) is 2.27. The van der Waals surface area contributed by atoms with Crippen LogP contribution in [0.2, 0.25) is 0 Å². The van der Waals surface area contributed by atoms with Gasteiger partial charge in [0.2, 0.25) is 5.91 Å². The summed E-state index contributed by atoms with van der Waals surface area (Å²) in [6, 6.07) is 9.80. The first-order valence-electron chi connectivity index (χ1n) is 7.50. The molecule has 0 atom stereocenters. The minimum Gasteiger partial charge on any atom is -0.343 e. The van der Waals surface area contributed by atoms with Gasteiger partial charge in [0.1, 0.15) is 0 Å². The fourth-order valence-corrected chi connectivity index (χ4v) is 2.27. The van der Waals surface area contributed by atoms with Gasteiger partial charge in [0.25, 0.3) is 5.91 Å². The molecule has 2 rings (SSSR count). The number of nitrogens with one attached hydrogen (secondary N) is 2. The highest BCUT2D eigenvalue weighted by Gasteiger charge is 2.34. The quantitative estimate of drug-likeness (QED) is 0.884. The highest BCUT2D eigenvalue weighted by Crippen LogP contribution is 2.31. The zero-order chi connectivity index (χ0) is 18.6. The summed E-state index contributed by atoms with van der Waals surface area (Å²) >= 11 is 0. The number of anilines is 1. The van der Waals surface area contributed by atoms with Crippen LogP contribution in [0.4, 0.5) is 18.9 Å². The second kappa shape index (κ2) is 7.38. The molecule has 7 heteroatoms. The van der Waals surface area contributed by atoms with Gasteiger partial charge < -0.3 is 10.6 Å². The second-order valence-electron chi connectivity index (χ2n) is 5.52. The topological polar surface area (TPSA) is 58.2 Å². The number of alkyl halides is 3. The third kappa shape index (κ3) is 4.59. The number of carbonyl (C=O) groups excluding carboxylic acids is 2. The van der Waals surface area contributed by atoms with Crippen LogP contribution in [0.3, 0.4) is 0 Å². The zero-order valence-electron chi connectivity index (χ0n) is 13.7. The van der Waals surface area contributed by atoms with Crippen LogP contribution >= 0.6 is 0 Å². The second-order valence-corrected chi connectivity index (χ2v) is 5.52. The van der Waals surface area contributed by atoms with Gasteiger partial charge in [-0.05, 0) is 43.2 Å². The average molecular weight is 350 g/mol. The minimum absolute atomic E-state index is 0.432. The van der Waals surface area contributed by atoms with Gasteiger partial charge in [-0.3, -0.25) is 9.59 Å². The standard InChI is InChI=1S/C18H17F3N2O2/c1-11-6-5-9-15(12(11)2)23-16(24)10-22-17(25)13-7-3-4-8-14(13)18(19,20)21/h3-9H,10H2,1-2H3,(H,22,25)(H,23,24). The van der Waals surface area contributed by atoms with Crippen LogP contribution in [0, 0.1) is 13.8 Å². The molecule has 132 valence electrons. The molecule has 2 aromatic carbocycles. The molecule has 0 aliphatic heterocycles. The maximum Gasteiger partial charge on any atom is 0.417 e. The highest BCUT2D eigenvalue weighted by atomic mass is 19.4. The normalized spacial score (nSPS) is 11.1. The number of benzene rings is 2. The van der Waals surface area contributed by atoms with E-state index in [-0.39, 0.29) is 0 Å². The Hall–Kier alpha value is -2.83. The van der Waals surface area contributed by atoms with Crippen LogP contribution < -0.4 is 10.6 Å². The molecule has 2 N–H and O–H groups in total. The average Bonchev–Trinajstić information content (AvgIpc) is 2.56. The van der Waals surface area contributed by atoms with Crippen molar-refractivity contribution in [2.75, 3.05) is 11.9 Å². The van der Waals surface area contributed by atoms with Crippen LogP contribution in [-0.4, -0.2) is 18.4 Å². The molecule has 0 aliphatic carbocycles. The molecule has 0 fully saturated rings. The molecule has 4 nitrogen and oxygen atoms in total. The Morgan fingerprint density at radius 3 is 2.36 bits per heavy atom. The van der Waals surface area contributed by atoms with E-state index in [9.17, 15) is 22.8 Å². The number of halogens is 3. The minimum atomic E-state index is -4.64. The molecule has 0 bridgehead atoms. The van der Waals surface area contributed by atoms with Crippen LogP contribution in [0.15, 0.2) is 42.5 Å². The summed E-state index contributed by atoms with van der Waals surface area (Å²) in [6.07, 6.45) is -4.64. The van der Waals surface area contributed by atoms with Gasteiger partial charge in [-0.1, -0.05) is 24.3 Å². The van der Waals surface area contributed by atoms with Crippen molar-refractivity contribution in [1.29, 1.82) is 0 Å². The van der Waals surface area contributed by atoms with Crippen LogP contribution in [0.25, 0.3) is 0 Å².